The van der Waals surface area contributed by atoms with Gasteiger partial charge in [0.25, 0.3) is 0 Å². The van der Waals surface area contributed by atoms with Gasteiger partial charge in [-0.2, -0.15) is 0 Å². The van der Waals surface area contributed by atoms with E-state index in [-0.39, 0.29) is 6.03 Å². The fourth-order valence-corrected chi connectivity index (χ4v) is 2.95. The topological polar surface area (TPSA) is 61.4 Å². The number of urea groups is 1. The molecule has 0 unspecified atom stereocenters. The van der Waals surface area contributed by atoms with E-state index in [1.165, 1.54) is 11.3 Å². The number of hydrogen-bond acceptors (Lipinski definition) is 5. The minimum Gasteiger partial charge on any atom is -0.321 e. The molecule has 2 aromatic heterocycles. The third-order valence-corrected chi connectivity index (χ3v) is 4.37. The van der Waals surface area contributed by atoms with E-state index in [9.17, 15) is 4.79 Å². The molecule has 0 aromatic carbocycles. The van der Waals surface area contributed by atoms with Crippen molar-refractivity contribution in [2.24, 2.45) is 0 Å². The Bertz CT molecular complexity index is 647. The number of aryl methyl sites for hydroxylation is 1. The van der Waals surface area contributed by atoms with Crippen LogP contribution in [-0.2, 0) is 0 Å². The van der Waals surface area contributed by atoms with Crippen LogP contribution < -0.4 is 5.32 Å². The van der Waals surface area contributed by atoms with Crippen molar-refractivity contribution in [2.75, 3.05) is 32.5 Å². The highest BCUT2D eigenvalue weighted by molar-refractivity contribution is 7.21. The molecule has 0 bridgehead atoms. The standard InChI is InChI=1S/C13H17N5OS/c1-8-4-5-10-11(14-8)20-12(15-10)16-13(19)18-6-9(7-18)17(2)3/h4-5,9H,6-7H2,1-3H3,(H,15,16,19). The van der Waals surface area contributed by atoms with Gasteiger partial charge in [0.2, 0.25) is 0 Å². The number of nitrogens with zero attached hydrogens (tertiary/aromatic N) is 4. The molecule has 1 fully saturated rings. The summed E-state index contributed by atoms with van der Waals surface area (Å²) in [5, 5.41) is 3.46. The van der Waals surface area contributed by atoms with Crippen LogP contribution in [0.15, 0.2) is 12.1 Å². The molecule has 106 valence electrons. The fourth-order valence-electron chi connectivity index (χ4n) is 2.08. The summed E-state index contributed by atoms with van der Waals surface area (Å²) in [5.74, 6) is 0. The number of carbonyl (C=O) groups excluding carboxylic acids is 1. The van der Waals surface area contributed by atoms with Crippen LogP contribution in [0, 0.1) is 6.92 Å². The lowest BCUT2D eigenvalue weighted by molar-refractivity contribution is 0.0942. The zero-order chi connectivity index (χ0) is 14.3. The first-order valence-corrected chi connectivity index (χ1v) is 7.31. The molecule has 6 nitrogen and oxygen atoms in total. The second-order valence-electron chi connectivity index (χ2n) is 5.25. The summed E-state index contributed by atoms with van der Waals surface area (Å²) in [4.78, 5) is 25.6. The molecule has 0 radical (unpaired) electrons. The van der Waals surface area contributed by atoms with E-state index in [0.717, 1.165) is 29.1 Å². The van der Waals surface area contributed by atoms with Crippen LogP contribution in [-0.4, -0.2) is 59.0 Å². The van der Waals surface area contributed by atoms with E-state index in [2.05, 4.69) is 20.2 Å². The summed E-state index contributed by atoms with van der Waals surface area (Å²) < 4.78 is 0. The molecule has 1 saturated heterocycles. The van der Waals surface area contributed by atoms with Gasteiger partial charge in [0.05, 0.1) is 0 Å². The zero-order valence-electron chi connectivity index (χ0n) is 11.8. The van der Waals surface area contributed by atoms with E-state index >= 15 is 0 Å². The third-order valence-electron chi connectivity index (χ3n) is 3.49. The number of likely N-dealkylation sites (tertiary alicyclic amines) is 1. The van der Waals surface area contributed by atoms with Crippen molar-refractivity contribution in [3.05, 3.63) is 17.8 Å². The largest absolute Gasteiger partial charge is 0.323 e. The number of carbonyl (C=O) groups is 1. The monoisotopic (exact) mass is 291 g/mol. The molecular formula is C13H17N5OS. The molecule has 1 N–H and O–H groups in total. The fraction of sp³-hybridized carbons (Fsp3) is 0.462. The van der Waals surface area contributed by atoms with Crippen LogP contribution in [0.25, 0.3) is 10.3 Å². The van der Waals surface area contributed by atoms with Gasteiger partial charge in [-0.15, -0.1) is 0 Å². The van der Waals surface area contributed by atoms with Gasteiger partial charge in [-0.1, -0.05) is 11.3 Å². The molecule has 3 rings (SSSR count). The molecular weight excluding hydrogens is 274 g/mol. The zero-order valence-corrected chi connectivity index (χ0v) is 12.6. The van der Waals surface area contributed by atoms with Crippen molar-refractivity contribution in [3.8, 4) is 0 Å². The minimum absolute atomic E-state index is 0.0844. The Morgan fingerprint density at radius 2 is 2.15 bits per heavy atom. The predicted molar refractivity (Wildman–Crippen MR) is 80.2 cm³/mol. The average molecular weight is 291 g/mol. The Kier molecular flexibility index (Phi) is 3.31. The number of amides is 2. The summed E-state index contributed by atoms with van der Waals surface area (Å²) >= 11 is 1.41. The Morgan fingerprint density at radius 3 is 2.85 bits per heavy atom. The summed E-state index contributed by atoms with van der Waals surface area (Å²) in [6.45, 7) is 3.47. The molecule has 1 aliphatic heterocycles. The molecule has 2 aromatic rings. The molecule has 0 saturated carbocycles. The number of thiazole rings is 1. The molecule has 0 spiro atoms. The van der Waals surface area contributed by atoms with Gasteiger partial charge in [-0.05, 0) is 33.2 Å². The Labute approximate surface area is 121 Å². The van der Waals surface area contributed by atoms with Crippen molar-refractivity contribution >= 4 is 32.8 Å². The summed E-state index contributed by atoms with van der Waals surface area (Å²) in [6.07, 6.45) is 0. The molecule has 20 heavy (non-hydrogen) atoms. The van der Waals surface area contributed by atoms with Gasteiger partial charge >= 0.3 is 6.03 Å². The summed E-state index contributed by atoms with van der Waals surface area (Å²) in [7, 11) is 4.06. The highest BCUT2D eigenvalue weighted by Gasteiger charge is 2.32. The van der Waals surface area contributed by atoms with Crippen molar-refractivity contribution in [1.29, 1.82) is 0 Å². The van der Waals surface area contributed by atoms with Gasteiger partial charge in [0, 0.05) is 24.8 Å². The Balaban J connectivity index is 1.66. The van der Waals surface area contributed by atoms with Gasteiger partial charge in [-0.3, -0.25) is 5.32 Å². The van der Waals surface area contributed by atoms with Gasteiger partial charge in [0.15, 0.2) is 5.13 Å². The van der Waals surface area contributed by atoms with Crippen LogP contribution in [0.5, 0.6) is 0 Å². The van der Waals surface area contributed by atoms with Gasteiger partial charge in [0.1, 0.15) is 10.3 Å². The maximum Gasteiger partial charge on any atom is 0.323 e. The number of anilines is 1. The highest BCUT2D eigenvalue weighted by atomic mass is 32.1. The Morgan fingerprint density at radius 1 is 1.40 bits per heavy atom. The summed E-state index contributed by atoms with van der Waals surface area (Å²) in [5.41, 5.74) is 1.78. The highest BCUT2D eigenvalue weighted by Crippen LogP contribution is 2.25. The van der Waals surface area contributed by atoms with Crippen LogP contribution in [0.3, 0.4) is 0 Å². The first-order valence-electron chi connectivity index (χ1n) is 6.49. The van der Waals surface area contributed by atoms with Crippen molar-refractivity contribution in [1.82, 2.24) is 19.8 Å². The summed E-state index contributed by atoms with van der Waals surface area (Å²) in [6, 6.07) is 4.22. The van der Waals surface area contributed by atoms with E-state index in [1.54, 1.807) is 4.90 Å². The second kappa shape index (κ2) is 4.99. The molecule has 2 amide bonds. The number of pyridine rings is 1. The van der Waals surface area contributed by atoms with Gasteiger partial charge < -0.3 is 9.80 Å². The second-order valence-corrected chi connectivity index (χ2v) is 6.23. The van der Waals surface area contributed by atoms with E-state index in [1.807, 2.05) is 33.2 Å². The SMILES string of the molecule is Cc1ccc2nc(NC(=O)N3CC(N(C)C)C3)sc2n1. The number of likely N-dealkylation sites (N-methyl/N-ethyl adjacent to an activating group) is 1. The number of aromatic nitrogens is 2. The molecule has 3 heterocycles. The third kappa shape index (κ3) is 2.46. The van der Waals surface area contributed by atoms with Crippen molar-refractivity contribution in [2.45, 2.75) is 13.0 Å². The molecule has 7 heteroatoms. The first kappa shape index (κ1) is 13.3. The van der Waals surface area contributed by atoms with Crippen LogP contribution in [0.1, 0.15) is 5.69 Å². The lowest BCUT2D eigenvalue weighted by atomic mass is 10.1. The maximum absolute atomic E-state index is 12.0. The molecule has 0 atom stereocenters. The number of hydrogen-bond donors (Lipinski definition) is 1. The smallest absolute Gasteiger partial charge is 0.321 e. The first-order chi connectivity index (χ1) is 9.52. The van der Waals surface area contributed by atoms with Crippen LogP contribution in [0.2, 0.25) is 0 Å². The number of fused-ring (bicyclic) bond motifs is 1. The van der Waals surface area contributed by atoms with Crippen molar-refractivity contribution < 1.29 is 4.79 Å². The normalized spacial score (nSPS) is 15.7. The van der Waals surface area contributed by atoms with E-state index < -0.39 is 0 Å². The number of nitrogens with one attached hydrogen (secondary N) is 1. The predicted octanol–water partition coefficient (Wildman–Crippen LogP) is 1.78. The number of rotatable bonds is 2. The average Bonchev–Trinajstić information content (AvgIpc) is 2.67. The molecule has 1 aliphatic rings. The van der Waals surface area contributed by atoms with Crippen LogP contribution >= 0.6 is 11.3 Å². The van der Waals surface area contributed by atoms with Gasteiger partial charge in [-0.25, -0.2) is 14.8 Å². The Hall–Kier alpha value is -1.73. The van der Waals surface area contributed by atoms with Crippen molar-refractivity contribution in [3.63, 3.8) is 0 Å². The van der Waals surface area contributed by atoms with Crippen LogP contribution in [0.4, 0.5) is 9.93 Å². The maximum atomic E-state index is 12.0. The van der Waals surface area contributed by atoms with E-state index in [4.69, 9.17) is 0 Å². The van der Waals surface area contributed by atoms with E-state index in [0.29, 0.717) is 11.2 Å². The minimum atomic E-state index is -0.0844. The lowest BCUT2D eigenvalue weighted by Crippen LogP contribution is -2.60. The quantitative estimate of drug-likeness (QED) is 0.916. The molecule has 0 aliphatic carbocycles. The lowest BCUT2D eigenvalue weighted by Gasteiger charge is -2.42.